The highest BCUT2D eigenvalue weighted by Gasteiger charge is 2.27. The highest BCUT2D eigenvalue weighted by Crippen LogP contribution is 2.43. The van der Waals surface area contributed by atoms with E-state index < -0.39 is 0 Å². The molecule has 2 aromatic rings. The number of hydrogen-bond donors (Lipinski definition) is 1. The average molecular weight is 400 g/mol. The van der Waals surface area contributed by atoms with E-state index in [9.17, 15) is 4.79 Å². The van der Waals surface area contributed by atoms with Crippen LogP contribution in [0.25, 0.3) is 10.2 Å². The van der Waals surface area contributed by atoms with E-state index in [0.29, 0.717) is 17.0 Å². The van der Waals surface area contributed by atoms with Gasteiger partial charge in [0.05, 0.1) is 23.3 Å². The quantitative estimate of drug-likeness (QED) is 0.596. The van der Waals surface area contributed by atoms with Crippen molar-refractivity contribution >= 4 is 44.5 Å². The number of nitrogens with zero attached hydrogens (tertiary/aromatic N) is 4. The number of hydrogen-bond acceptors (Lipinski definition) is 7. The molecule has 0 amide bonds. The predicted octanol–water partition coefficient (Wildman–Crippen LogP) is 4.70. The lowest BCUT2D eigenvalue weighted by atomic mass is 10.1. The fraction of sp³-hybridized carbons (Fsp3) is 0.381. The van der Waals surface area contributed by atoms with Crippen molar-refractivity contribution in [1.82, 2.24) is 9.99 Å². The van der Waals surface area contributed by atoms with Crippen molar-refractivity contribution in [2.75, 3.05) is 25.5 Å². The number of Topliss-reactive ketones (excluding diaryl/α,β-unsaturated/α-hetero) is 1. The van der Waals surface area contributed by atoms with Crippen LogP contribution in [0.3, 0.4) is 0 Å². The third-order valence-electron chi connectivity index (χ3n) is 4.41. The summed E-state index contributed by atoms with van der Waals surface area (Å²) in [6.45, 7) is 9.51. The Morgan fingerprint density at radius 1 is 1.43 bits per heavy atom. The van der Waals surface area contributed by atoms with Gasteiger partial charge in [-0.2, -0.15) is 0 Å². The number of aromatic nitrogens is 1. The molecule has 7 heteroatoms. The fourth-order valence-electron chi connectivity index (χ4n) is 2.95. The number of hydrazine groups is 1. The van der Waals surface area contributed by atoms with Crippen molar-refractivity contribution in [2.45, 2.75) is 33.6 Å². The Kier molecular flexibility index (Phi) is 7.48. The highest BCUT2D eigenvalue weighted by molar-refractivity contribution is 7.21. The molecule has 0 aromatic carbocycles. The molecular weight excluding hydrogens is 370 g/mol. The molecule has 0 saturated carbocycles. The van der Waals surface area contributed by atoms with E-state index in [-0.39, 0.29) is 12.3 Å². The standard InChI is InChI=1S/C18H23N5OS.C3H6/c1-5-11(6-2)9-14-21-16-15-12(22(3)4)7-8-20-18(15)25-17(16)13(24)10-23(14)19;1-3-2/h5,7-8H,6,9-10,19H2,1-4H3;3H,1H2,2H3/b11-5+;. The Labute approximate surface area is 171 Å². The second-order valence-electron chi connectivity index (χ2n) is 6.65. The van der Waals surface area contributed by atoms with Crippen LogP contribution in [0.1, 0.15) is 43.3 Å². The summed E-state index contributed by atoms with van der Waals surface area (Å²) in [6, 6.07) is 1.95. The number of thiophene rings is 1. The van der Waals surface area contributed by atoms with Crippen LogP contribution in [0, 0.1) is 0 Å². The first-order valence-electron chi connectivity index (χ1n) is 9.30. The van der Waals surface area contributed by atoms with Gasteiger partial charge in [-0.15, -0.1) is 17.9 Å². The number of rotatable bonds is 4. The third-order valence-corrected chi connectivity index (χ3v) is 5.54. The van der Waals surface area contributed by atoms with Crippen LogP contribution in [0.15, 0.2) is 41.6 Å². The number of pyridine rings is 1. The van der Waals surface area contributed by atoms with Gasteiger partial charge in [-0.3, -0.25) is 9.80 Å². The monoisotopic (exact) mass is 399 g/mol. The molecule has 3 heterocycles. The van der Waals surface area contributed by atoms with Gasteiger partial charge in [0.25, 0.3) is 0 Å². The van der Waals surface area contributed by atoms with Crippen molar-refractivity contribution in [2.24, 2.45) is 10.8 Å². The van der Waals surface area contributed by atoms with Gasteiger partial charge in [0.15, 0.2) is 5.78 Å². The van der Waals surface area contributed by atoms with Crippen molar-refractivity contribution in [1.29, 1.82) is 0 Å². The largest absolute Gasteiger partial charge is 0.377 e. The summed E-state index contributed by atoms with van der Waals surface area (Å²) in [5.74, 6) is 6.85. The van der Waals surface area contributed by atoms with Gasteiger partial charge in [0, 0.05) is 26.7 Å². The maximum absolute atomic E-state index is 12.7. The number of amidine groups is 1. The van der Waals surface area contributed by atoms with Crippen LogP contribution in [-0.4, -0.2) is 42.3 Å². The minimum atomic E-state index is -0.0116. The number of carbonyl (C=O) groups is 1. The Hall–Kier alpha value is -2.51. The second kappa shape index (κ2) is 9.61. The second-order valence-corrected chi connectivity index (χ2v) is 7.65. The predicted molar refractivity (Wildman–Crippen MR) is 121 cm³/mol. The van der Waals surface area contributed by atoms with Crippen LogP contribution in [-0.2, 0) is 0 Å². The van der Waals surface area contributed by atoms with Gasteiger partial charge < -0.3 is 4.90 Å². The smallest absolute Gasteiger partial charge is 0.195 e. The van der Waals surface area contributed by atoms with Crippen LogP contribution in [0.2, 0.25) is 0 Å². The van der Waals surface area contributed by atoms with Gasteiger partial charge in [0.1, 0.15) is 15.5 Å². The summed E-state index contributed by atoms with van der Waals surface area (Å²) in [4.78, 5) is 25.5. The highest BCUT2D eigenvalue weighted by atomic mass is 32.1. The molecule has 1 aliphatic rings. The first-order valence-corrected chi connectivity index (χ1v) is 10.1. The molecule has 0 radical (unpaired) electrons. The summed E-state index contributed by atoms with van der Waals surface area (Å²) in [5.41, 5.74) is 2.96. The van der Waals surface area contributed by atoms with Crippen molar-refractivity contribution < 1.29 is 4.79 Å². The summed E-state index contributed by atoms with van der Waals surface area (Å²) < 4.78 is 0. The number of anilines is 1. The van der Waals surface area contributed by atoms with E-state index in [1.807, 2.05) is 38.9 Å². The molecule has 0 spiro atoms. The Bertz CT molecular complexity index is 926. The fourth-order valence-corrected chi connectivity index (χ4v) is 3.98. The van der Waals surface area contributed by atoms with Crippen LogP contribution < -0.4 is 10.7 Å². The summed E-state index contributed by atoms with van der Waals surface area (Å²) >= 11 is 1.40. The first kappa shape index (κ1) is 21.8. The van der Waals surface area contributed by atoms with E-state index in [4.69, 9.17) is 10.8 Å². The van der Waals surface area contributed by atoms with Crippen LogP contribution in [0.4, 0.5) is 11.4 Å². The van der Waals surface area contributed by atoms with E-state index in [0.717, 1.165) is 28.2 Å². The molecule has 2 N–H and O–H groups in total. The van der Waals surface area contributed by atoms with E-state index in [1.165, 1.54) is 21.9 Å². The Morgan fingerprint density at radius 2 is 2.11 bits per heavy atom. The number of aliphatic imine (C=N–C) groups is 1. The Morgan fingerprint density at radius 3 is 2.68 bits per heavy atom. The minimum Gasteiger partial charge on any atom is -0.377 e. The summed E-state index contributed by atoms with van der Waals surface area (Å²) in [6.07, 6.45) is 7.18. The van der Waals surface area contributed by atoms with Crippen molar-refractivity contribution in [3.8, 4) is 0 Å². The molecule has 3 rings (SSSR count). The molecule has 0 aliphatic carbocycles. The van der Waals surface area contributed by atoms with Gasteiger partial charge in [-0.1, -0.05) is 24.6 Å². The van der Waals surface area contributed by atoms with Gasteiger partial charge >= 0.3 is 0 Å². The van der Waals surface area contributed by atoms with Gasteiger partial charge in [-0.25, -0.2) is 15.8 Å². The van der Waals surface area contributed by atoms with E-state index >= 15 is 0 Å². The molecule has 0 unspecified atom stereocenters. The maximum atomic E-state index is 12.7. The van der Waals surface area contributed by atoms with Crippen LogP contribution >= 0.6 is 11.3 Å². The molecule has 150 valence electrons. The topological polar surface area (TPSA) is 74.8 Å². The molecule has 0 atom stereocenters. The lowest BCUT2D eigenvalue weighted by Crippen LogP contribution is -2.40. The van der Waals surface area contributed by atoms with Crippen molar-refractivity contribution in [3.05, 3.63) is 41.4 Å². The molecule has 0 saturated heterocycles. The molecular formula is C21H29N5OS. The third kappa shape index (κ3) is 4.48. The molecule has 2 aromatic heterocycles. The molecule has 0 bridgehead atoms. The zero-order valence-electron chi connectivity index (χ0n) is 17.3. The number of ketones is 1. The lowest BCUT2D eigenvalue weighted by Gasteiger charge is -2.19. The lowest BCUT2D eigenvalue weighted by molar-refractivity contribution is 0.0969. The molecule has 1 aliphatic heterocycles. The molecule has 28 heavy (non-hydrogen) atoms. The van der Waals surface area contributed by atoms with E-state index in [1.54, 1.807) is 12.3 Å². The number of nitrogens with two attached hydrogens (primary N) is 1. The number of allylic oxidation sites excluding steroid dienone is 2. The van der Waals surface area contributed by atoms with Gasteiger partial charge in [0.2, 0.25) is 0 Å². The van der Waals surface area contributed by atoms with Gasteiger partial charge in [-0.05, 0) is 26.3 Å². The molecule has 6 nitrogen and oxygen atoms in total. The average Bonchev–Trinajstić information content (AvgIpc) is 2.98. The van der Waals surface area contributed by atoms with Crippen molar-refractivity contribution in [3.63, 3.8) is 0 Å². The molecule has 0 fully saturated rings. The summed E-state index contributed by atoms with van der Waals surface area (Å²) in [7, 11) is 3.96. The zero-order chi connectivity index (χ0) is 20.8. The van der Waals surface area contributed by atoms with E-state index in [2.05, 4.69) is 24.6 Å². The number of fused-ring (bicyclic) bond motifs is 3. The minimum absolute atomic E-state index is 0.0116. The SMILES string of the molecule is C/C=C(\CC)CC1=Nc2c(sc3nccc(N(C)C)c23)C(=O)CN1N.C=CC. The first-order chi connectivity index (χ1) is 13.4. The summed E-state index contributed by atoms with van der Waals surface area (Å²) in [5, 5.41) is 2.40. The Balaban J connectivity index is 0.000000878. The van der Waals surface area contributed by atoms with Crippen LogP contribution in [0.5, 0.6) is 0 Å². The number of carbonyl (C=O) groups excluding carboxylic acids is 1. The maximum Gasteiger partial charge on any atom is 0.195 e. The normalized spacial score (nSPS) is 14.1. The zero-order valence-corrected chi connectivity index (χ0v) is 18.1.